The summed E-state index contributed by atoms with van der Waals surface area (Å²) in [5, 5.41) is 3.28. The van der Waals surface area contributed by atoms with E-state index in [1.807, 2.05) is 6.92 Å². The molecule has 0 radical (unpaired) electrons. The minimum atomic E-state index is -1.28. The van der Waals surface area contributed by atoms with Gasteiger partial charge in [-0.15, -0.1) is 0 Å². The molecule has 1 aliphatic rings. The molecular formula is C32H35F4N3O4. The zero-order chi connectivity index (χ0) is 30.9. The van der Waals surface area contributed by atoms with Gasteiger partial charge >= 0.3 is 5.97 Å². The number of carbonyl (C=O) groups is 2. The third-order valence-corrected chi connectivity index (χ3v) is 7.45. The zero-order valence-corrected chi connectivity index (χ0v) is 23.8. The van der Waals surface area contributed by atoms with Gasteiger partial charge in [0.1, 0.15) is 29.9 Å². The number of rotatable bonds is 13. The molecule has 1 saturated heterocycles. The molecule has 1 fully saturated rings. The van der Waals surface area contributed by atoms with Crippen LogP contribution in [-0.4, -0.2) is 54.7 Å². The van der Waals surface area contributed by atoms with Crippen molar-refractivity contribution in [2.24, 2.45) is 5.73 Å². The highest BCUT2D eigenvalue weighted by atomic mass is 19.1. The van der Waals surface area contributed by atoms with Crippen molar-refractivity contribution < 1.29 is 36.6 Å². The van der Waals surface area contributed by atoms with Crippen molar-refractivity contribution in [1.82, 2.24) is 10.3 Å². The summed E-state index contributed by atoms with van der Waals surface area (Å²) in [5.74, 6) is -4.54. The van der Waals surface area contributed by atoms with Crippen LogP contribution in [0.4, 0.5) is 17.6 Å². The van der Waals surface area contributed by atoms with Gasteiger partial charge in [-0.25, -0.2) is 17.6 Å². The van der Waals surface area contributed by atoms with E-state index in [9.17, 15) is 27.2 Å². The van der Waals surface area contributed by atoms with Crippen LogP contribution >= 0.6 is 0 Å². The van der Waals surface area contributed by atoms with E-state index >= 15 is 0 Å². The summed E-state index contributed by atoms with van der Waals surface area (Å²) in [6.07, 6.45) is 3.74. The summed E-state index contributed by atoms with van der Waals surface area (Å²) in [6.45, 7) is 2.91. The number of nitrogens with two attached hydrogens (primary N) is 1. The van der Waals surface area contributed by atoms with Crippen LogP contribution < -0.4 is 11.1 Å². The van der Waals surface area contributed by atoms with Gasteiger partial charge in [0, 0.05) is 37.6 Å². The SMILES string of the molecule is CCCC(=O)OC[C@@H]1CO[C@H](CCc2c(F)cncc2CC(=O)[C@@H](N)[C@@H](c2ccc(F)cc2)c2cc(F)cc(F)c2)CN1. The molecule has 3 N–H and O–H groups in total. The van der Waals surface area contributed by atoms with Crippen LogP contribution in [0.25, 0.3) is 0 Å². The van der Waals surface area contributed by atoms with Crippen LogP contribution in [0.15, 0.2) is 54.9 Å². The maximum Gasteiger partial charge on any atom is 0.305 e. The summed E-state index contributed by atoms with van der Waals surface area (Å²) >= 11 is 0. The van der Waals surface area contributed by atoms with E-state index in [1.165, 1.54) is 30.5 Å². The lowest BCUT2D eigenvalue weighted by Gasteiger charge is -2.30. The molecule has 4 atom stereocenters. The average molecular weight is 602 g/mol. The summed E-state index contributed by atoms with van der Waals surface area (Å²) in [7, 11) is 0. The minimum Gasteiger partial charge on any atom is -0.464 e. The van der Waals surface area contributed by atoms with Gasteiger partial charge in [-0.3, -0.25) is 14.6 Å². The highest BCUT2D eigenvalue weighted by molar-refractivity contribution is 5.87. The number of Topliss-reactive ketones (excluding diaryl/α,β-unsaturated/α-hetero) is 1. The Balaban J connectivity index is 1.43. The lowest BCUT2D eigenvalue weighted by Crippen LogP contribution is -2.49. The van der Waals surface area contributed by atoms with Gasteiger partial charge in [0.2, 0.25) is 0 Å². The second-order valence-corrected chi connectivity index (χ2v) is 10.7. The second kappa shape index (κ2) is 15.2. The van der Waals surface area contributed by atoms with Gasteiger partial charge in [-0.2, -0.15) is 0 Å². The molecule has 0 saturated carbocycles. The normalized spacial score (nSPS) is 18.2. The van der Waals surface area contributed by atoms with E-state index in [4.69, 9.17) is 15.2 Å². The highest BCUT2D eigenvalue weighted by Gasteiger charge is 2.30. The van der Waals surface area contributed by atoms with Crippen LogP contribution in [0.1, 0.15) is 54.4 Å². The Hall–Kier alpha value is -3.67. The third-order valence-electron chi connectivity index (χ3n) is 7.45. The van der Waals surface area contributed by atoms with E-state index in [0.717, 1.165) is 18.3 Å². The summed E-state index contributed by atoms with van der Waals surface area (Å²) < 4.78 is 68.0. The molecule has 43 heavy (non-hydrogen) atoms. The fraction of sp³-hybridized carbons (Fsp3) is 0.406. The second-order valence-electron chi connectivity index (χ2n) is 10.7. The molecule has 11 heteroatoms. The molecule has 2 aromatic carbocycles. The van der Waals surface area contributed by atoms with Crippen molar-refractivity contribution in [3.8, 4) is 0 Å². The first kappa shape index (κ1) is 32.2. The van der Waals surface area contributed by atoms with Gasteiger partial charge in [-0.05, 0) is 65.8 Å². The van der Waals surface area contributed by atoms with Crippen LogP contribution in [-0.2, 0) is 31.9 Å². The molecule has 0 amide bonds. The van der Waals surface area contributed by atoms with Gasteiger partial charge < -0.3 is 20.5 Å². The van der Waals surface area contributed by atoms with Crippen LogP contribution in [0.2, 0.25) is 0 Å². The first-order chi connectivity index (χ1) is 20.6. The predicted octanol–water partition coefficient (Wildman–Crippen LogP) is 4.54. The molecule has 0 bridgehead atoms. The maximum absolute atomic E-state index is 14.9. The number of nitrogens with zero attached hydrogens (tertiary/aromatic N) is 1. The molecule has 1 aromatic heterocycles. The van der Waals surface area contributed by atoms with Gasteiger partial charge in [-0.1, -0.05) is 19.1 Å². The summed E-state index contributed by atoms with van der Waals surface area (Å²) in [4.78, 5) is 29.0. The summed E-state index contributed by atoms with van der Waals surface area (Å²) in [5.41, 5.74) is 7.55. The molecule has 7 nitrogen and oxygen atoms in total. The Morgan fingerprint density at radius 3 is 2.42 bits per heavy atom. The fourth-order valence-corrected chi connectivity index (χ4v) is 5.19. The molecule has 1 aliphatic heterocycles. The van der Waals surface area contributed by atoms with Crippen molar-refractivity contribution in [3.63, 3.8) is 0 Å². The first-order valence-electron chi connectivity index (χ1n) is 14.3. The quantitative estimate of drug-likeness (QED) is 0.219. The van der Waals surface area contributed by atoms with Gasteiger partial charge in [0.05, 0.1) is 31.0 Å². The minimum absolute atomic E-state index is 0.114. The van der Waals surface area contributed by atoms with E-state index < -0.39 is 41.0 Å². The van der Waals surface area contributed by atoms with Crippen molar-refractivity contribution in [2.45, 2.75) is 63.1 Å². The number of morpholine rings is 1. The van der Waals surface area contributed by atoms with Crippen LogP contribution in [0.3, 0.4) is 0 Å². The van der Waals surface area contributed by atoms with Crippen molar-refractivity contribution >= 4 is 11.8 Å². The van der Waals surface area contributed by atoms with E-state index in [0.29, 0.717) is 55.2 Å². The first-order valence-corrected chi connectivity index (χ1v) is 14.3. The Kier molecular flexibility index (Phi) is 11.4. The molecule has 4 rings (SSSR count). The topological polar surface area (TPSA) is 104 Å². The van der Waals surface area contributed by atoms with Crippen LogP contribution in [0, 0.1) is 23.3 Å². The van der Waals surface area contributed by atoms with Crippen molar-refractivity contribution in [2.75, 3.05) is 19.8 Å². The third kappa shape index (κ3) is 8.92. The largest absolute Gasteiger partial charge is 0.464 e. The van der Waals surface area contributed by atoms with Gasteiger partial charge in [0.25, 0.3) is 0 Å². The number of nitrogens with one attached hydrogen (secondary N) is 1. The number of pyridine rings is 1. The Morgan fingerprint density at radius 1 is 1.05 bits per heavy atom. The smallest absolute Gasteiger partial charge is 0.305 e. The number of halogens is 4. The average Bonchev–Trinajstić information content (AvgIpc) is 2.97. The summed E-state index contributed by atoms with van der Waals surface area (Å²) in [6, 6.07) is 6.61. The number of hydrogen-bond donors (Lipinski definition) is 2. The number of aromatic nitrogens is 1. The lowest BCUT2D eigenvalue weighted by atomic mass is 9.82. The van der Waals surface area contributed by atoms with Crippen molar-refractivity contribution in [1.29, 1.82) is 0 Å². The predicted molar refractivity (Wildman–Crippen MR) is 151 cm³/mol. The molecule has 0 spiro atoms. The van der Waals surface area contributed by atoms with E-state index in [2.05, 4.69) is 10.3 Å². The fourth-order valence-electron chi connectivity index (χ4n) is 5.19. The monoisotopic (exact) mass is 601 g/mol. The molecule has 0 aliphatic carbocycles. The maximum atomic E-state index is 14.9. The Bertz CT molecular complexity index is 1380. The molecule has 0 unspecified atom stereocenters. The van der Waals surface area contributed by atoms with E-state index in [1.54, 1.807) is 0 Å². The van der Waals surface area contributed by atoms with E-state index in [-0.39, 0.29) is 43.1 Å². The molecule has 3 aromatic rings. The zero-order valence-electron chi connectivity index (χ0n) is 23.8. The number of hydrogen-bond acceptors (Lipinski definition) is 7. The Labute approximate surface area is 247 Å². The van der Waals surface area contributed by atoms with Crippen LogP contribution in [0.5, 0.6) is 0 Å². The Morgan fingerprint density at radius 2 is 1.77 bits per heavy atom. The number of ketones is 1. The van der Waals surface area contributed by atoms with Gasteiger partial charge in [0.15, 0.2) is 5.78 Å². The number of carbonyl (C=O) groups excluding carboxylic acids is 2. The highest BCUT2D eigenvalue weighted by Crippen LogP contribution is 2.30. The molecular weight excluding hydrogens is 566 g/mol. The molecule has 2 heterocycles. The lowest BCUT2D eigenvalue weighted by molar-refractivity contribution is -0.145. The number of ether oxygens (including phenoxy) is 2. The molecule has 230 valence electrons. The standard InChI is InChI=1S/C32H35F4N3O4/c1-2-3-30(41)43-18-25-17-42-26(15-39-25)8-9-27-21(14-38-16-28(27)36)12-29(40)32(37)31(19-4-6-22(33)7-5-19)20-10-23(34)13-24(35)11-20/h4-7,10-11,13-14,16,25-26,31-32,39H,2-3,8-9,12,15,17-18,37H2,1H3/t25-,26+,31-,32+/m0/s1. The van der Waals surface area contributed by atoms with Crippen molar-refractivity contribution in [3.05, 3.63) is 100 Å². The number of benzene rings is 2. The number of esters is 1.